The molecule has 1 spiro atoms. The number of phenolic OH excluding ortho intramolecular Hbond substituents is 1. The number of para-hydroxylation sites is 1. The van der Waals surface area contributed by atoms with Crippen LogP contribution in [0.15, 0.2) is 41.4 Å². The molecule has 0 bridgehead atoms. The number of ether oxygens (including phenoxy) is 2. The molecule has 1 atom stereocenters. The quantitative estimate of drug-likeness (QED) is 0.658. The van der Waals surface area contributed by atoms with Crippen LogP contribution in [0.4, 0.5) is 4.79 Å². The first-order valence-electron chi connectivity index (χ1n) is 12.2. The molecule has 4 rings (SSSR count). The van der Waals surface area contributed by atoms with Crippen LogP contribution in [0.2, 0.25) is 0 Å². The van der Waals surface area contributed by atoms with E-state index in [0.29, 0.717) is 51.3 Å². The molecule has 7 nitrogen and oxygen atoms in total. The summed E-state index contributed by atoms with van der Waals surface area (Å²) in [6.07, 6.45) is 1.71. The number of nitrogens with zero attached hydrogens (tertiary/aromatic N) is 2. The standard InChI is InChI=1S/C27H35N3O4/c1-5-33-24-9-7-8-21(25(24)31)23-17-22(20-11-10-18(3)19(4)16-20)28-27(29-23)12-14-30(15-13-27)26(32)34-6-2/h7-11,16,23,29,31H,5-6,12-15,17H2,1-4H3/t23-/m0/s1. The highest BCUT2D eigenvalue weighted by molar-refractivity contribution is 6.02. The second-order valence-electron chi connectivity index (χ2n) is 9.10. The molecule has 1 saturated heterocycles. The topological polar surface area (TPSA) is 83.4 Å². The molecule has 34 heavy (non-hydrogen) atoms. The summed E-state index contributed by atoms with van der Waals surface area (Å²) >= 11 is 0. The monoisotopic (exact) mass is 465 g/mol. The number of hydrogen-bond donors (Lipinski definition) is 2. The van der Waals surface area contributed by atoms with E-state index in [4.69, 9.17) is 14.5 Å². The molecule has 182 valence electrons. The average Bonchev–Trinajstić information content (AvgIpc) is 2.82. The number of aryl methyl sites for hydroxylation is 2. The van der Waals surface area contributed by atoms with Crippen molar-refractivity contribution < 1.29 is 19.4 Å². The Morgan fingerprint density at radius 2 is 1.91 bits per heavy atom. The molecule has 1 amide bonds. The Labute approximate surface area is 201 Å². The lowest BCUT2D eigenvalue weighted by Gasteiger charge is -2.45. The first-order chi connectivity index (χ1) is 16.4. The Morgan fingerprint density at radius 3 is 2.59 bits per heavy atom. The number of hydrogen-bond acceptors (Lipinski definition) is 6. The average molecular weight is 466 g/mol. The van der Waals surface area contributed by atoms with E-state index in [-0.39, 0.29) is 17.9 Å². The summed E-state index contributed by atoms with van der Waals surface area (Å²) in [6.45, 7) is 9.92. The smallest absolute Gasteiger partial charge is 0.409 e. The van der Waals surface area contributed by atoms with Crippen molar-refractivity contribution in [3.8, 4) is 11.5 Å². The highest BCUT2D eigenvalue weighted by atomic mass is 16.6. The number of nitrogens with one attached hydrogen (secondary N) is 1. The molecule has 2 aromatic carbocycles. The molecular formula is C27H35N3O4. The van der Waals surface area contributed by atoms with Gasteiger partial charge in [-0.1, -0.05) is 24.3 Å². The molecule has 0 saturated carbocycles. The zero-order valence-electron chi connectivity index (χ0n) is 20.6. The lowest BCUT2D eigenvalue weighted by atomic mass is 9.87. The van der Waals surface area contributed by atoms with E-state index >= 15 is 0 Å². The van der Waals surface area contributed by atoms with Crippen molar-refractivity contribution >= 4 is 11.8 Å². The lowest BCUT2D eigenvalue weighted by molar-refractivity contribution is 0.0778. The minimum atomic E-state index is -0.520. The van der Waals surface area contributed by atoms with Gasteiger partial charge in [0.05, 0.1) is 13.2 Å². The van der Waals surface area contributed by atoms with Crippen molar-refractivity contribution in [3.63, 3.8) is 0 Å². The van der Waals surface area contributed by atoms with Gasteiger partial charge in [0.25, 0.3) is 0 Å². The van der Waals surface area contributed by atoms with Gasteiger partial charge in [-0.05, 0) is 56.5 Å². The molecule has 2 aromatic rings. The number of carbonyl (C=O) groups excluding carboxylic acids is 1. The van der Waals surface area contributed by atoms with Gasteiger partial charge in [-0.15, -0.1) is 0 Å². The van der Waals surface area contributed by atoms with Crippen LogP contribution in [0.1, 0.15) is 61.4 Å². The number of piperidine rings is 1. The van der Waals surface area contributed by atoms with E-state index < -0.39 is 5.66 Å². The Kier molecular flexibility index (Phi) is 7.12. The summed E-state index contributed by atoms with van der Waals surface area (Å²) in [5, 5.41) is 14.7. The van der Waals surface area contributed by atoms with Crippen molar-refractivity contribution in [1.82, 2.24) is 10.2 Å². The number of aliphatic imine (C=N–C) groups is 1. The van der Waals surface area contributed by atoms with E-state index in [1.54, 1.807) is 11.0 Å². The van der Waals surface area contributed by atoms with Crippen LogP contribution in [-0.4, -0.2) is 53.8 Å². The molecule has 0 radical (unpaired) electrons. The predicted octanol–water partition coefficient (Wildman–Crippen LogP) is 4.88. The lowest BCUT2D eigenvalue weighted by Crippen LogP contribution is -2.56. The molecule has 2 heterocycles. The van der Waals surface area contributed by atoms with Gasteiger partial charge in [0, 0.05) is 49.7 Å². The zero-order valence-corrected chi connectivity index (χ0v) is 20.6. The largest absolute Gasteiger partial charge is 0.504 e. The second-order valence-corrected chi connectivity index (χ2v) is 9.10. The van der Waals surface area contributed by atoms with Gasteiger partial charge in [0.15, 0.2) is 11.5 Å². The van der Waals surface area contributed by atoms with Gasteiger partial charge < -0.3 is 19.5 Å². The van der Waals surface area contributed by atoms with Crippen molar-refractivity contribution in [2.24, 2.45) is 4.99 Å². The van der Waals surface area contributed by atoms with Crippen LogP contribution >= 0.6 is 0 Å². The molecule has 0 aromatic heterocycles. The number of phenols is 1. The third-order valence-corrected chi connectivity index (χ3v) is 6.85. The van der Waals surface area contributed by atoms with Gasteiger partial charge in [-0.25, -0.2) is 4.79 Å². The zero-order chi connectivity index (χ0) is 24.3. The minimum absolute atomic E-state index is 0.136. The van der Waals surface area contributed by atoms with Crippen LogP contribution in [0.5, 0.6) is 11.5 Å². The van der Waals surface area contributed by atoms with Crippen LogP contribution in [0.25, 0.3) is 0 Å². The summed E-state index contributed by atoms with van der Waals surface area (Å²) in [7, 11) is 0. The fourth-order valence-corrected chi connectivity index (χ4v) is 4.82. The maximum atomic E-state index is 12.3. The number of aromatic hydroxyl groups is 1. The van der Waals surface area contributed by atoms with Crippen LogP contribution < -0.4 is 10.1 Å². The highest BCUT2D eigenvalue weighted by Crippen LogP contribution is 2.40. The van der Waals surface area contributed by atoms with Gasteiger partial charge in [-0.3, -0.25) is 10.3 Å². The molecule has 2 aliphatic heterocycles. The Balaban J connectivity index is 1.69. The van der Waals surface area contributed by atoms with E-state index in [2.05, 4.69) is 37.4 Å². The Hall–Kier alpha value is -3.06. The number of benzene rings is 2. The van der Waals surface area contributed by atoms with Gasteiger partial charge >= 0.3 is 6.09 Å². The van der Waals surface area contributed by atoms with Gasteiger partial charge in [0.1, 0.15) is 5.66 Å². The number of likely N-dealkylation sites (tertiary alicyclic amines) is 1. The first kappa shape index (κ1) is 24.1. The van der Waals surface area contributed by atoms with Crippen molar-refractivity contribution in [1.29, 1.82) is 0 Å². The molecule has 0 aliphatic carbocycles. The molecule has 0 unspecified atom stereocenters. The summed E-state index contributed by atoms with van der Waals surface area (Å²) < 4.78 is 10.8. The van der Waals surface area contributed by atoms with Gasteiger partial charge in [0.2, 0.25) is 0 Å². The van der Waals surface area contributed by atoms with Crippen molar-refractivity contribution in [3.05, 3.63) is 58.7 Å². The predicted molar refractivity (Wildman–Crippen MR) is 133 cm³/mol. The van der Waals surface area contributed by atoms with E-state index in [9.17, 15) is 9.90 Å². The fraction of sp³-hybridized carbons (Fsp3) is 0.481. The second kappa shape index (κ2) is 10.1. The molecule has 2 N–H and O–H groups in total. The SMILES string of the molecule is CCOC(=O)N1CCC2(CC1)N=C(c1ccc(C)c(C)c1)C[C@@H](c1cccc(OCC)c1O)N2. The third-order valence-electron chi connectivity index (χ3n) is 6.85. The summed E-state index contributed by atoms with van der Waals surface area (Å²) in [5.41, 5.74) is 4.86. The Bertz CT molecular complexity index is 1070. The maximum Gasteiger partial charge on any atom is 0.409 e. The molecule has 1 fully saturated rings. The number of rotatable bonds is 5. The van der Waals surface area contributed by atoms with E-state index in [1.165, 1.54) is 11.1 Å². The van der Waals surface area contributed by atoms with Crippen LogP contribution in [0.3, 0.4) is 0 Å². The maximum absolute atomic E-state index is 12.3. The van der Waals surface area contributed by atoms with E-state index in [0.717, 1.165) is 16.8 Å². The summed E-state index contributed by atoms with van der Waals surface area (Å²) in [5.74, 6) is 0.658. The highest BCUT2D eigenvalue weighted by Gasteiger charge is 2.42. The third kappa shape index (κ3) is 4.89. The first-order valence-corrected chi connectivity index (χ1v) is 12.2. The molecule has 2 aliphatic rings. The summed E-state index contributed by atoms with van der Waals surface area (Å²) in [6, 6.07) is 12.0. The number of carbonyl (C=O) groups is 1. The molecule has 7 heteroatoms. The normalized spacial score (nSPS) is 19.6. The van der Waals surface area contributed by atoms with Gasteiger partial charge in [-0.2, -0.15) is 0 Å². The molecular weight excluding hydrogens is 430 g/mol. The fourth-order valence-electron chi connectivity index (χ4n) is 4.82. The summed E-state index contributed by atoms with van der Waals surface area (Å²) in [4.78, 5) is 19.2. The van der Waals surface area contributed by atoms with E-state index in [1.807, 2.05) is 26.0 Å². The van der Waals surface area contributed by atoms with Crippen molar-refractivity contribution in [2.75, 3.05) is 26.3 Å². The van der Waals surface area contributed by atoms with Crippen LogP contribution in [0, 0.1) is 13.8 Å². The Morgan fingerprint density at radius 1 is 1.15 bits per heavy atom. The number of amides is 1. The minimum Gasteiger partial charge on any atom is -0.504 e. The van der Waals surface area contributed by atoms with Crippen LogP contribution in [-0.2, 0) is 4.74 Å². The van der Waals surface area contributed by atoms with Crippen molar-refractivity contribution in [2.45, 2.75) is 58.7 Å².